The van der Waals surface area contributed by atoms with Gasteiger partial charge < -0.3 is 9.47 Å². The van der Waals surface area contributed by atoms with Gasteiger partial charge in [-0.1, -0.05) is 13.5 Å². The Kier molecular flexibility index (Phi) is 3.12. The summed E-state index contributed by atoms with van der Waals surface area (Å²) in [6.07, 6.45) is -0.423. The molecule has 1 saturated heterocycles. The number of carbonyl (C=O) groups excluding carboxylic acids is 2. The SMILES string of the molecule is C=C(C)C(=O)OC1C(C#N)C2C(=O)OC1C2CC. The highest BCUT2D eigenvalue weighted by Crippen LogP contribution is 2.48. The number of fused-ring (bicyclic) bond motifs is 2. The van der Waals surface area contributed by atoms with E-state index in [4.69, 9.17) is 14.7 Å². The molecular weight excluding hydrogens is 234 g/mol. The maximum absolute atomic E-state index is 11.6. The molecule has 1 saturated carbocycles. The molecule has 1 aliphatic carbocycles. The minimum absolute atomic E-state index is 0.0370. The molecule has 0 amide bonds. The highest BCUT2D eigenvalue weighted by molar-refractivity contribution is 5.87. The Morgan fingerprint density at radius 2 is 2.28 bits per heavy atom. The van der Waals surface area contributed by atoms with Gasteiger partial charge in [0.05, 0.1) is 12.0 Å². The Labute approximate surface area is 105 Å². The topological polar surface area (TPSA) is 76.4 Å². The number of ether oxygens (including phenoxy) is 2. The van der Waals surface area contributed by atoms with E-state index < -0.39 is 30.0 Å². The molecule has 2 bridgehead atoms. The first-order valence-electron chi connectivity index (χ1n) is 5.97. The van der Waals surface area contributed by atoms with Crippen LogP contribution < -0.4 is 0 Å². The van der Waals surface area contributed by atoms with Gasteiger partial charge in [0.25, 0.3) is 0 Å². The highest BCUT2D eigenvalue weighted by Gasteiger charge is 2.62. The van der Waals surface area contributed by atoms with Crippen molar-refractivity contribution in [3.8, 4) is 6.07 Å². The van der Waals surface area contributed by atoms with Crippen LogP contribution in [0, 0.1) is 29.1 Å². The summed E-state index contributed by atoms with van der Waals surface area (Å²) < 4.78 is 10.4. The van der Waals surface area contributed by atoms with Crippen LogP contribution in [0.15, 0.2) is 12.2 Å². The molecule has 18 heavy (non-hydrogen) atoms. The monoisotopic (exact) mass is 249 g/mol. The average molecular weight is 249 g/mol. The molecule has 2 rings (SSSR count). The van der Waals surface area contributed by atoms with E-state index in [1.807, 2.05) is 6.92 Å². The van der Waals surface area contributed by atoms with Crippen molar-refractivity contribution >= 4 is 11.9 Å². The lowest BCUT2D eigenvalue weighted by Gasteiger charge is -2.25. The molecule has 0 aromatic heterocycles. The maximum atomic E-state index is 11.6. The van der Waals surface area contributed by atoms with Crippen molar-refractivity contribution < 1.29 is 19.1 Å². The molecule has 5 unspecified atom stereocenters. The van der Waals surface area contributed by atoms with Crippen molar-refractivity contribution in [3.63, 3.8) is 0 Å². The summed E-state index contributed by atoms with van der Waals surface area (Å²) >= 11 is 0. The second-order valence-electron chi connectivity index (χ2n) is 4.80. The normalized spacial score (nSPS) is 36.9. The number of hydrogen-bond acceptors (Lipinski definition) is 5. The Morgan fingerprint density at radius 3 is 2.78 bits per heavy atom. The molecule has 5 nitrogen and oxygen atoms in total. The van der Waals surface area contributed by atoms with E-state index in [1.54, 1.807) is 6.92 Å². The molecule has 1 heterocycles. The molecule has 2 aliphatic rings. The lowest BCUT2D eigenvalue weighted by atomic mass is 9.89. The molecule has 5 atom stereocenters. The smallest absolute Gasteiger partial charge is 0.333 e. The molecule has 1 aliphatic heterocycles. The van der Waals surface area contributed by atoms with Crippen LogP contribution in [0.4, 0.5) is 0 Å². The van der Waals surface area contributed by atoms with Crippen LogP contribution in [-0.4, -0.2) is 24.1 Å². The standard InChI is InChI=1S/C13H15NO4/c1-4-7-9-8(5-14)11(10(7)18-13(9)16)17-12(15)6(2)3/h7-11H,2,4H2,1,3H3. The summed E-state index contributed by atoms with van der Waals surface area (Å²) in [4.78, 5) is 23.1. The Morgan fingerprint density at radius 1 is 1.61 bits per heavy atom. The average Bonchev–Trinajstić information content (AvgIpc) is 2.79. The third kappa shape index (κ3) is 1.69. The number of hydrogen-bond donors (Lipinski definition) is 0. The van der Waals surface area contributed by atoms with Crippen LogP contribution in [0.3, 0.4) is 0 Å². The first-order chi connectivity index (χ1) is 8.51. The quantitative estimate of drug-likeness (QED) is 0.554. The second kappa shape index (κ2) is 4.45. The van der Waals surface area contributed by atoms with E-state index >= 15 is 0 Å². The first-order valence-corrected chi connectivity index (χ1v) is 5.97. The second-order valence-corrected chi connectivity index (χ2v) is 4.80. The fourth-order valence-corrected chi connectivity index (χ4v) is 2.82. The number of carbonyl (C=O) groups is 2. The van der Waals surface area contributed by atoms with Crippen LogP contribution in [0.2, 0.25) is 0 Å². The Balaban J connectivity index is 2.22. The largest absolute Gasteiger partial charge is 0.458 e. The van der Waals surface area contributed by atoms with Gasteiger partial charge in [0, 0.05) is 11.5 Å². The van der Waals surface area contributed by atoms with Gasteiger partial charge in [0.1, 0.15) is 12.0 Å². The molecule has 5 heteroatoms. The zero-order valence-corrected chi connectivity index (χ0v) is 10.4. The minimum atomic E-state index is -0.660. The summed E-state index contributed by atoms with van der Waals surface area (Å²) in [7, 11) is 0. The van der Waals surface area contributed by atoms with Crippen molar-refractivity contribution in [2.75, 3.05) is 0 Å². The number of nitriles is 1. The molecule has 0 aromatic rings. The predicted octanol–water partition coefficient (Wildman–Crippen LogP) is 1.20. The van der Waals surface area contributed by atoms with E-state index in [0.29, 0.717) is 0 Å². The predicted molar refractivity (Wildman–Crippen MR) is 60.9 cm³/mol. The third-order valence-corrected chi connectivity index (χ3v) is 3.68. The summed E-state index contributed by atoms with van der Waals surface area (Å²) in [6, 6.07) is 2.08. The van der Waals surface area contributed by atoms with E-state index in [1.165, 1.54) is 0 Å². The molecule has 0 N–H and O–H groups in total. The summed E-state index contributed by atoms with van der Waals surface area (Å²) in [5.74, 6) is -2.00. The Hall–Kier alpha value is -1.83. The van der Waals surface area contributed by atoms with Gasteiger partial charge in [0.15, 0.2) is 6.10 Å². The van der Waals surface area contributed by atoms with Crippen LogP contribution in [0.25, 0.3) is 0 Å². The number of esters is 2. The lowest BCUT2D eigenvalue weighted by molar-refractivity contribution is -0.169. The van der Waals surface area contributed by atoms with Crippen LogP contribution in [0.5, 0.6) is 0 Å². The summed E-state index contributed by atoms with van der Waals surface area (Å²) in [5.41, 5.74) is 0.272. The Bertz CT molecular complexity index is 450. The zero-order valence-electron chi connectivity index (χ0n) is 10.4. The van der Waals surface area contributed by atoms with Crippen molar-refractivity contribution in [1.29, 1.82) is 5.26 Å². The van der Waals surface area contributed by atoms with Crippen molar-refractivity contribution in [3.05, 3.63) is 12.2 Å². The van der Waals surface area contributed by atoms with Crippen LogP contribution in [-0.2, 0) is 19.1 Å². The van der Waals surface area contributed by atoms with Gasteiger partial charge >= 0.3 is 11.9 Å². The van der Waals surface area contributed by atoms with Gasteiger partial charge in [-0.05, 0) is 13.3 Å². The fraction of sp³-hybridized carbons (Fsp3) is 0.615. The summed E-state index contributed by atoms with van der Waals surface area (Å²) in [6.45, 7) is 6.98. The van der Waals surface area contributed by atoms with Crippen molar-refractivity contribution in [2.24, 2.45) is 17.8 Å². The van der Waals surface area contributed by atoms with Gasteiger partial charge in [-0.15, -0.1) is 0 Å². The van der Waals surface area contributed by atoms with Crippen molar-refractivity contribution in [1.82, 2.24) is 0 Å². The van der Waals surface area contributed by atoms with Gasteiger partial charge in [0.2, 0.25) is 0 Å². The molecule has 0 aromatic carbocycles. The van der Waals surface area contributed by atoms with E-state index in [9.17, 15) is 9.59 Å². The van der Waals surface area contributed by atoms with Gasteiger partial charge in [-0.25, -0.2) is 4.79 Å². The fourth-order valence-electron chi connectivity index (χ4n) is 2.82. The highest BCUT2D eigenvalue weighted by atomic mass is 16.6. The first kappa shape index (κ1) is 12.6. The van der Waals surface area contributed by atoms with Crippen molar-refractivity contribution in [2.45, 2.75) is 32.5 Å². The van der Waals surface area contributed by atoms with Crippen LogP contribution >= 0.6 is 0 Å². The molecule has 0 radical (unpaired) electrons. The van der Waals surface area contributed by atoms with E-state index in [2.05, 4.69) is 12.6 Å². The molecule has 2 fully saturated rings. The molecular formula is C13H15NO4. The molecule has 0 spiro atoms. The minimum Gasteiger partial charge on any atom is -0.458 e. The lowest BCUT2D eigenvalue weighted by Crippen LogP contribution is -2.39. The molecule has 96 valence electrons. The maximum Gasteiger partial charge on any atom is 0.333 e. The summed E-state index contributed by atoms with van der Waals surface area (Å²) in [5, 5.41) is 9.17. The van der Waals surface area contributed by atoms with Gasteiger partial charge in [-0.2, -0.15) is 5.26 Å². The zero-order chi connectivity index (χ0) is 13.4. The third-order valence-electron chi connectivity index (χ3n) is 3.68. The van der Waals surface area contributed by atoms with E-state index in [0.717, 1.165) is 6.42 Å². The van der Waals surface area contributed by atoms with E-state index in [-0.39, 0.29) is 17.5 Å². The number of rotatable bonds is 3. The van der Waals surface area contributed by atoms with Gasteiger partial charge in [-0.3, -0.25) is 4.79 Å². The number of nitrogens with zero attached hydrogens (tertiary/aromatic N) is 1. The van der Waals surface area contributed by atoms with Crippen LogP contribution in [0.1, 0.15) is 20.3 Å².